The fourth-order valence-electron chi connectivity index (χ4n) is 13.4. The smallest absolute Gasteiger partial charge is 0.338 e. The number of hydrogen-bond donors (Lipinski definition) is 0. The Hall–Kier alpha value is -6.10. The van der Waals surface area contributed by atoms with E-state index < -0.39 is 76.9 Å². The Labute approximate surface area is 398 Å². The van der Waals surface area contributed by atoms with Gasteiger partial charge in [0.2, 0.25) is 0 Å². The minimum Gasteiger partial charge on any atom is -0.462 e. The van der Waals surface area contributed by atoms with Crippen molar-refractivity contribution in [2.45, 2.75) is 110 Å². The molecule has 5 aliphatic rings. The first-order chi connectivity index (χ1) is 32.7. The summed E-state index contributed by atoms with van der Waals surface area (Å²) in [4.78, 5) is 85.9. The minimum atomic E-state index is -1.29. The normalized spacial score (nSPS) is 33.4. The highest BCUT2D eigenvalue weighted by Crippen LogP contribution is 2.69. The van der Waals surface area contributed by atoms with Gasteiger partial charge in [-0.25, -0.2) is 19.2 Å². The van der Waals surface area contributed by atoms with Crippen LogP contribution < -0.4 is 0 Å². The van der Waals surface area contributed by atoms with E-state index in [-0.39, 0.29) is 64.6 Å². The molecule has 8 unspecified atom stereocenters. The highest BCUT2D eigenvalue weighted by Gasteiger charge is 2.72. The van der Waals surface area contributed by atoms with Crippen LogP contribution in [-0.4, -0.2) is 66.1 Å². The molecule has 9 rings (SSSR count). The van der Waals surface area contributed by atoms with E-state index in [4.69, 9.17) is 23.7 Å². The predicted molar refractivity (Wildman–Crippen MR) is 251 cm³/mol. The maximum Gasteiger partial charge on any atom is 0.338 e. The number of hydrogen-bond acceptors (Lipinski definition) is 11. The summed E-state index contributed by atoms with van der Waals surface area (Å²) in [6.07, 6.45) is -1.65. The fraction of sp³-hybridized carbons (Fsp3) is 0.474. The molecule has 4 aliphatic carbocycles. The molecule has 4 aromatic carbocycles. The molecule has 5 fully saturated rings. The number of rotatable bonds is 11. The zero-order valence-corrected chi connectivity index (χ0v) is 39.5. The molecular formula is C57H62O11. The molecule has 0 spiro atoms. The maximum absolute atomic E-state index is 15.2. The number of esters is 5. The average Bonchev–Trinajstić information content (AvgIpc) is 3.63. The molecule has 4 saturated carbocycles. The van der Waals surface area contributed by atoms with Gasteiger partial charge in [-0.15, -0.1) is 0 Å². The molecule has 68 heavy (non-hydrogen) atoms. The molecule has 1 heterocycles. The molecule has 11 heteroatoms. The first-order valence-electron chi connectivity index (χ1n) is 24.4. The number of Topliss-reactive ketones (excluding diaryl/α,β-unsaturated/α-hetero) is 1. The quantitative estimate of drug-likeness (QED) is 0.105. The molecule has 356 valence electrons. The largest absolute Gasteiger partial charge is 0.462 e. The van der Waals surface area contributed by atoms with Crippen molar-refractivity contribution in [1.82, 2.24) is 0 Å². The number of fused-ring (bicyclic) bond motifs is 5. The number of ketones is 1. The van der Waals surface area contributed by atoms with E-state index in [2.05, 4.69) is 34.6 Å². The van der Waals surface area contributed by atoms with E-state index in [1.54, 1.807) is 121 Å². The standard InChI is InChI=1S/C57H62O11/c1-33(2)39-30-44(64-45(59)31-39)34(3)41-32-42(58)47-46-40(26-28-57(41,47)5)56(4)29-27-43(65-52(60)35-18-10-6-11-19-35)49(66-53(61)36-20-12-7-13-21-36)48(56)51(68-55(63)38-24-16-9-17-25-38)50(46)67-54(62)37-22-14-8-15-23-37/h6-25,33-34,39-41,43-44,46-51H,26-32H2,1-5H3/t34?,39?,40?,41?,43-,44?,46?,47?,48?,49+,50-,51-,56-,57-/m1/s1. The lowest BCUT2D eigenvalue weighted by Gasteiger charge is -2.64. The van der Waals surface area contributed by atoms with Crippen molar-refractivity contribution >= 4 is 35.6 Å². The SMILES string of the molecule is CC(C)C1CC(=O)OC(C(C)C2CC(=O)C3C4C(CC[C@]23C)[C@@]2(C)CC[C@@H](OC(=O)c3ccccc3)[C@H](OC(=O)c3ccccc3)C2[C@@H](OC(=O)c2ccccc2)[C@@H]4OC(=O)c2ccccc2)C1. The van der Waals surface area contributed by atoms with E-state index >= 15 is 4.79 Å². The zero-order chi connectivity index (χ0) is 47.9. The molecule has 0 bridgehead atoms. The Balaban J connectivity index is 1.18. The van der Waals surface area contributed by atoms with Crippen LogP contribution in [0.2, 0.25) is 0 Å². The summed E-state index contributed by atoms with van der Waals surface area (Å²) < 4.78 is 32.7. The van der Waals surface area contributed by atoms with Crippen molar-refractivity contribution < 1.29 is 52.5 Å². The van der Waals surface area contributed by atoms with Crippen molar-refractivity contribution in [1.29, 1.82) is 0 Å². The Kier molecular flexibility index (Phi) is 13.2. The highest BCUT2D eigenvalue weighted by molar-refractivity contribution is 5.92. The highest BCUT2D eigenvalue weighted by atomic mass is 16.6. The summed E-state index contributed by atoms with van der Waals surface area (Å²) in [5.74, 6) is -5.06. The van der Waals surface area contributed by atoms with Crippen molar-refractivity contribution in [3.63, 3.8) is 0 Å². The van der Waals surface area contributed by atoms with Gasteiger partial charge < -0.3 is 23.7 Å². The second kappa shape index (κ2) is 19.1. The second-order valence-electron chi connectivity index (χ2n) is 20.9. The lowest BCUT2D eigenvalue weighted by atomic mass is 9.42. The van der Waals surface area contributed by atoms with Crippen molar-refractivity contribution in [2.75, 3.05) is 0 Å². The number of cyclic esters (lactones) is 1. The number of carbonyl (C=O) groups excluding carboxylic acids is 6. The van der Waals surface area contributed by atoms with Gasteiger partial charge in [0.05, 0.1) is 22.3 Å². The summed E-state index contributed by atoms with van der Waals surface area (Å²) in [5, 5.41) is 0. The van der Waals surface area contributed by atoms with E-state index in [0.29, 0.717) is 43.6 Å². The van der Waals surface area contributed by atoms with Gasteiger partial charge in [-0.1, -0.05) is 107 Å². The summed E-state index contributed by atoms with van der Waals surface area (Å²) in [6, 6.07) is 34.2. The van der Waals surface area contributed by atoms with Crippen LogP contribution in [0.25, 0.3) is 0 Å². The van der Waals surface area contributed by atoms with Gasteiger partial charge in [-0.2, -0.15) is 0 Å². The summed E-state index contributed by atoms with van der Waals surface area (Å²) in [7, 11) is 0. The van der Waals surface area contributed by atoms with E-state index in [1.807, 2.05) is 0 Å². The van der Waals surface area contributed by atoms with Crippen molar-refractivity contribution in [2.24, 2.45) is 58.2 Å². The fourth-order valence-corrected chi connectivity index (χ4v) is 13.4. The first-order valence-corrected chi connectivity index (χ1v) is 24.4. The first kappa shape index (κ1) is 47.0. The van der Waals surface area contributed by atoms with Gasteiger partial charge in [0.1, 0.15) is 36.3 Å². The van der Waals surface area contributed by atoms with E-state index in [1.165, 1.54) is 0 Å². The van der Waals surface area contributed by atoms with Crippen LogP contribution in [0.1, 0.15) is 121 Å². The topological polar surface area (TPSA) is 149 Å². The molecule has 1 aliphatic heterocycles. The van der Waals surface area contributed by atoms with E-state index in [9.17, 15) is 24.0 Å². The number of ether oxygens (including phenoxy) is 5. The van der Waals surface area contributed by atoms with Crippen LogP contribution in [0.5, 0.6) is 0 Å². The Morgan fingerprint density at radius 1 is 0.574 bits per heavy atom. The minimum absolute atomic E-state index is 0.0371. The molecule has 1 saturated heterocycles. The summed E-state index contributed by atoms with van der Waals surface area (Å²) in [6.45, 7) is 10.7. The lowest BCUT2D eigenvalue weighted by Crippen LogP contribution is -2.70. The van der Waals surface area contributed by atoms with Crippen LogP contribution in [0.3, 0.4) is 0 Å². The van der Waals surface area contributed by atoms with Crippen molar-refractivity contribution in [3.05, 3.63) is 144 Å². The molecule has 11 nitrogen and oxygen atoms in total. The van der Waals surface area contributed by atoms with Crippen LogP contribution in [0.15, 0.2) is 121 Å². The molecule has 4 aromatic rings. The molecule has 0 aromatic heterocycles. The van der Waals surface area contributed by atoms with Crippen LogP contribution >= 0.6 is 0 Å². The third-order valence-electron chi connectivity index (χ3n) is 17.0. The third-order valence-corrected chi connectivity index (χ3v) is 17.0. The average molecular weight is 923 g/mol. The van der Waals surface area contributed by atoms with Gasteiger partial charge in [-0.3, -0.25) is 9.59 Å². The maximum atomic E-state index is 15.2. The van der Waals surface area contributed by atoms with Gasteiger partial charge in [0.15, 0.2) is 0 Å². The third kappa shape index (κ3) is 8.77. The monoisotopic (exact) mass is 922 g/mol. The van der Waals surface area contributed by atoms with Gasteiger partial charge in [0, 0.05) is 30.6 Å². The molecule has 0 N–H and O–H groups in total. The Morgan fingerprint density at radius 2 is 1.03 bits per heavy atom. The van der Waals surface area contributed by atoms with Crippen LogP contribution in [-0.2, 0) is 33.3 Å². The summed E-state index contributed by atoms with van der Waals surface area (Å²) in [5.41, 5.74) is -0.292. The number of carbonyl (C=O) groups is 6. The zero-order valence-electron chi connectivity index (χ0n) is 39.5. The van der Waals surface area contributed by atoms with Crippen molar-refractivity contribution in [3.8, 4) is 0 Å². The Bertz CT molecular complexity index is 2490. The van der Waals surface area contributed by atoms with Gasteiger partial charge in [-0.05, 0) is 121 Å². The molecule has 0 radical (unpaired) electrons. The lowest BCUT2D eigenvalue weighted by molar-refractivity contribution is -0.249. The Morgan fingerprint density at radius 3 is 1.53 bits per heavy atom. The predicted octanol–water partition coefficient (Wildman–Crippen LogP) is 10.2. The summed E-state index contributed by atoms with van der Waals surface area (Å²) >= 11 is 0. The van der Waals surface area contributed by atoms with Gasteiger partial charge >= 0.3 is 29.8 Å². The van der Waals surface area contributed by atoms with Crippen LogP contribution in [0, 0.1) is 58.2 Å². The van der Waals surface area contributed by atoms with Crippen LogP contribution in [0.4, 0.5) is 0 Å². The molecule has 0 amide bonds. The number of benzene rings is 4. The van der Waals surface area contributed by atoms with E-state index in [0.717, 1.165) is 6.42 Å². The molecular weight excluding hydrogens is 861 g/mol. The molecule has 14 atom stereocenters. The second-order valence-corrected chi connectivity index (χ2v) is 20.9. The van der Waals surface area contributed by atoms with Gasteiger partial charge in [0.25, 0.3) is 0 Å².